The average Bonchev–Trinajstić information content (AvgIpc) is 2.85. The molecule has 0 saturated heterocycles. The minimum atomic E-state index is -3.61. The summed E-state index contributed by atoms with van der Waals surface area (Å²) >= 11 is 0. The van der Waals surface area contributed by atoms with Crippen molar-refractivity contribution in [3.63, 3.8) is 0 Å². The van der Waals surface area contributed by atoms with E-state index >= 15 is 0 Å². The van der Waals surface area contributed by atoms with Gasteiger partial charge in [0.1, 0.15) is 4.90 Å². The van der Waals surface area contributed by atoms with Crippen LogP contribution in [0, 0.1) is 13.8 Å². The molecule has 0 aliphatic rings. The quantitative estimate of drug-likeness (QED) is 0.771. The molecule has 22 heavy (non-hydrogen) atoms. The average molecular weight is 316 g/mol. The fraction of sp³-hybridized carbons (Fsp3) is 0.200. The zero-order valence-electron chi connectivity index (χ0n) is 12.3. The number of sulfonamides is 1. The lowest BCUT2D eigenvalue weighted by Gasteiger charge is -2.07. The Morgan fingerprint density at radius 1 is 1.14 bits per heavy atom. The standard InChI is InChI=1S/C15H16N4O2S/c1-10-15(11(2)19-18-10)22(20,21)16-9-13-8-7-12-5-3-4-6-14(12)17-13/h3-8,16H,9H2,1-2H3,(H,18,19). The molecule has 0 aliphatic heterocycles. The lowest BCUT2D eigenvalue weighted by molar-refractivity contribution is 0.579. The number of hydrogen-bond donors (Lipinski definition) is 2. The highest BCUT2D eigenvalue weighted by atomic mass is 32.2. The summed E-state index contributed by atoms with van der Waals surface area (Å²) in [5.41, 5.74) is 2.49. The molecule has 7 heteroatoms. The molecule has 0 aliphatic carbocycles. The van der Waals surface area contributed by atoms with Crippen molar-refractivity contribution < 1.29 is 8.42 Å². The van der Waals surface area contributed by atoms with Crippen molar-refractivity contribution in [2.75, 3.05) is 0 Å². The third-order valence-corrected chi connectivity index (χ3v) is 5.09. The maximum absolute atomic E-state index is 12.4. The minimum Gasteiger partial charge on any atom is -0.281 e. The molecule has 114 valence electrons. The highest BCUT2D eigenvalue weighted by Crippen LogP contribution is 2.17. The van der Waals surface area contributed by atoms with Crippen molar-refractivity contribution in [2.24, 2.45) is 0 Å². The van der Waals surface area contributed by atoms with Gasteiger partial charge in [-0.25, -0.2) is 13.1 Å². The molecule has 0 unspecified atom stereocenters. The van der Waals surface area contributed by atoms with Crippen LogP contribution < -0.4 is 4.72 Å². The molecular weight excluding hydrogens is 300 g/mol. The summed E-state index contributed by atoms with van der Waals surface area (Å²) in [4.78, 5) is 4.66. The number of H-pyrrole nitrogens is 1. The molecule has 2 heterocycles. The van der Waals surface area contributed by atoms with Gasteiger partial charge in [-0.1, -0.05) is 24.3 Å². The number of pyridine rings is 1. The number of aromatic nitrogens is 3. The van der Waals surface area contributed by atoms with Gasteiger partial charge in [0, 0.05) is 5.39 Å². The third kappa shape index (κ3) is 2.72. The Balaban J connectivity index is 1.84. The fourth-order valence-corrected chi connectivity index (χ4v) is 3.75. The number of aromatic amines is 1. The lowest BCUT2D eigenvalue weighted by atomic mass is 10.2. The summed E-state index contributed by atoms with van der Waals surface area (Å²) in [6.45, 7) is 3.48. The van der Waals surface area contributed by atoms with Gasteiger partial charge in [-0.2, -0.15) is 5.10 Å². The molecule has 0 fully saturated rings. The number of benzene rings is 1. The normalized spacial score (nSPS) is 11.9. The van der Waals surface area contributed by atoms with Crippen LogP contribution in [0.15, 0.2) is 41.3 Å². The lowest BCUT2D eigenvalue weighted by Crippen LogP contribution is -2.24. The molecule has 3 aromatic rings. The van der Waals surface area contributed by atoms with Crippen LogP contribution in [0.25, 0.3) is 10.9 Å². The van der Waals surface area contributed by atoms with Crippen LogP contribution in [0.2, 0.25) is 0 Å². The first-order chi connectivity index (χ1) is 10.5. The molecule has 0 radical (unpaired) electrons. The molecule has 2 aromatic heterocycles. The van der Waals surface area contributed by atoms with Gasteiger partial charge in [-0.15, -0.1) is 0 Å². The topological polar surface area (TPSA) is 87.7 Å². The van der Waals surface area contributed by atoms with Crippen LogP contribution in [-0.2, 0) is 16.6 Å². The van der Waals surface area contributed by atoms with Gasteiger partial charge in [-0.05, 0) is 26.0 Å². The second-order valence-electron chi connectivity index (χ2n) is 5.08. The SMILES string of the molecule is Cc1n[nH]c(C)c1S(=O)(=O)NCc1ccc2ccccc2n1. The number of fused-ring (bicyclic) bond motifs is 1. The maximum Gasteiger partial charge on any atom is 0.244 e. The highest BCUT2D eigenvalue weighted by molar-refractivity contribution is 7.89. The zero-order valence-corrected chi connectivity index (χ0v) is 13.1. The van der Waals surface area contributed by atoms with E-state index in [1.165, 1.54) is 0 Å². The van der Waals surface area contributed by atoms with Crippen LogP contribution in [0.1, 0.15) is 17.1 Å². The van der Waals surface area contributed by atoms with E-state index in [1.807, 2.05) is 36.4 Å². The van der Waals surface area contributed by atoms with Crippen molar-refractivity contribution in [3.8, 4) is 0 Å². The number of aryl methyl sites for hydroxylation is 2. The monoisotopic (exact) mass is 316 g/mol. The predicted molar refractivity (Wildman–Crippen MR) is 83.8 cm³/mol. The van der Waals surface area contributed by atoms with Crippen molar-refractivity contribution in [2.45, 2.75) is 25.3 Å². The first-order valence-corrected chi connectivity index (χ1v) is 8.31. The molecule has 0 atom stereocenters. The molecular formula is C15H16N4O2S. The first kappa shape index (κ1) is 14.7. The van der Waals surface area contributed by atoms with Gasteiger partial charge < -0.3 is 0 Å². The second kappa shape index (κ2) is 5.51. The molecule has 2 N–H and O–H groups in total. The summed E-state index contributed by atoms with van der Waals surface area (Å²) in [6.07, 6.45) is 0. The van der Waals surface area contributed by atoms with E-state index in [0.29, 0.717) is 17.1 Å². The van der Waals surface area contributed by atoms with Gasteiger partial charge in [0.25, 0.3) is 0 Å². The largest absolute Gasteiger partial charge is 0.281 e. The first-order valence-electron chi connectivity index (χ1n) is 6.83. The van der Waals surface area contributed by atoms with Gasteiger partial charge in [0.2, 0.25) is 10.0 Å². The Morgan fingerprint density at radius 2 is 1.91 bits per heavy atom. The van der Waals surface area contributed by atoms with Crippen molar-refractivity contribution in [1.29, 1.82) is 0 Å². The van der Waals surface area contributed by atoms with E-state index in [0.717, 1.165) is 10.9 Å². The van der Waals surface area contributed by atoms with Gasteiger partial charge in [0.15, 0.2) is 0 Å². The van der Waals surface area contributed by atoms with E-state index in [4.69, 9.17) is 0 Å². The molecule has 0 amide bonds. The van der Waals surface area contributed by atoms with Crippen LogP contribution in [0.5, 0.6) is 0 Å². The van der Waals surface area contributed by atoms with E-state index < -0.39 is 10.0 Å². The smallest absolute Gasteiger partial charge is 0.244 e. The summed E-state index contributed by atoms with van der Waals surface area (Å²) in [5, 5.41) is 7.62. The summed E-state index contributed by atoms with van der Waals surface area (Å²) < 4.78 is 27.3. The number of nitrogens with one attached hydrogen (secondary N) is 2. The maximum atomic E-state index is 12.4. The molecule has 6 nitrogen and oxygen atoms in total. The predicted octanol–water partition coefficient (Wildman–Crippen LogP) is 2.05. The third-order valence-electron chi connectivity index (χ3n) is 3.43. The molecule has 0 spiro atoms. The molecule has 0 bridgehead atoms. The second-order valence-corrected chi connectivity index (χ2v) is 6.79. The fourth-order valence-electron chi connectivity index (χ4n) is 2.38. The Bertz CT molecular complexity index is 912. The Hall–Kier alpha value is -2.25. The van der Waals surface area contributed by atoms with Crippen molar-refractivity contribution >= 4 is 20.9 Å². The van der Waals surface area contributed by atoms with Gasteiger partial charge in [-0.3, -0.25) is 10.1 Å². The zero-order chi connectivity index (χ0) is 15.7. The summed E-state index contributed by atoms with van der Waals surface area (Å²) in [5.74, 6) is 0. The molecule has 0 saturated carbocycles. The van der Waals surface area contributed by atoms with E-state index in [1.54, 1.807) is 13.8 Å². The van der Waals surface area contributed by atoms with Crippen molar-refractivity contribution in [3.05, 3.63) is 53.5 Å². The summed E-state index contributed by atoms with van der Waals surface area (Å²) in [6, 6.07) is 11.5. The molecule has 3 rings (SSSR count). The van der Waals surface area contributed by atoms with E-state index in [-0.39, 0.29) is 11.4 Å². The Labute approximate surface area is 128 Å². The summed E-state index contributed by atoms with van der Waals surface area (Å²) in [7, 11) is -3.61. The Kier molecular flexibility index (Phi) is 3.67. The van der Waals surface area contributed by atoms with Crippen LogP contribution in [0.4, 0.5) is 0 Å². The number of nitrogens with zero attached hydrogens (tertiary/aromatic N) is 2. The Morgan fingerprint density at radius 3 is 2.64 bits per heavy atom. The highest BCUT2D eigenvalue weighted by Gasteiger charge is 2.21. The van der Waals surface area contributed by atoms with E-state index in [2.05, 4.69) is 19.9 Å². The van der Waals surface area contributed by atoms with Crippen molar-refractivity contribution in [1.82, 2.24) is 19.9 Å². The van der Waals surface area contributed by atoms with Gasteiger partial charge in [0.05, 0.1) is 29.1 Å². The number of hydrogen-bond acceptors (Lipinski definition) is 4. The van der Waals surface area contributed by atoms with Crippen LogP contribution >= 0.6 is 0 Å². The van der Waals surface area contributed by atoms with Crippen LogP contribution in [0.3, 0.4) is 0 Å². The number of para-hydroxylation sites is 1. The van der Waals surface area contributed by atoms with Crippen LogP contribution in [-0.4, -0.2) is 23.6 Å². The molecule has 1 aromatic carbocycles. The van der Waals surface area contributed by atoms with Gasteiger partial charge >= 0.3 is 0 Å². The van der Waals surface area contributed by atoms with E-state index in [9.17, 15) is 8.42 Å². The minimum absolute atomic E-state index is 0.136. The number of rotatable bonds is 4.